The monoisotopic (exact) mass is 301 g/mol. The Labute approximate surface area is 130 Å². The van der Waals surface area contributed by atoms with E-state index in [-0.39, 0.29) is 12.5 Å². The third kappa shape index (κ3) is 2.73. The Kier molecular flexibility index (Phi) is 4.43. The second-order valence-electron chi connectivity index (χ2n) is 5.81. The summed E-state index contributed by atoms with van der Waals surface area (Å²) in [4.78, 5) is 18.8. The van der Waals surface area contributed by atoms with Gasteiger partial charge >= 0.3 is 0 Å². The second kappa shape index (κ2) is 6.48. The molecule has 22 heavy (non-hydrogen) atoms. The van der Waals surface area contributed by atoms with Crippen molar-refractivity contribution in [1.29, 1.82) is 0 Å². The van der Waals surface area contributed by atoms with Gasteiger partial charge < -0.3 is 14.2 Å². The molecule has 1 saturated heterocycles. The normalized spacial score (nSPS) is 18.8. The van der Waals surface area contributed by atoms with Crippen molar-refractivity contribution in [2.45, 2.75) is 32.2 Å². The van der Waals surface area contributed by atoms with Crippen LogP contribution >= 0.6 is 0 Å². The number of carbonyl (C=O) groups excluding carboxylic acids is 1. The zero-order valence-corrected chi connectivity index (χ0v) is 13.3. The van der Waals surface area contributed by atoms with Crippen LogP contribution in [0.15, 0.2) is 24.3 Å². The van der Waals surface area contributed by atoms with E-state index in [4.69, 9.17) is 9.72 Å². The summed E-state index contributed by atoms with van der Waals surface area (Å²) in [7, 11) is 1.57. The molecule has 0 N–H and O–H groups in total. The van der Waals surface area contributed by atoms with Crippen LogP contribution in [0.5, 0.6) is 0 Å². The number of hydrogen-bond donors (Lipinski definition) is 0. The van der Waals surface area contributed by atoms with Gasteiger partial charge in [-0.25, -0.2) is 4.98 Å². The molecule has 0 radical (unpaired) electrons. The Morgan fingerprint density at radius 3 is 3.00 bits per heavy atom. The fourth-order valence-corrected chi connectivity index (χ4v) is 3.36. The van der Waals surface area contributed by atoms with Crippen LogP contribution in [0.3, 0.4) is 0 Å². The van der Waals surface area contributed by atoms with Gasteiger partial charge in [-0.05, 0) is 25.0 Å². The topological polar surface area (TPSA) is 47.4 Å². The number of benzene rings is 1. The number of amides is 1. The number of hydrogen-bond acceptors (Lipinski definition) is 3. The number of rotatable bonds is 4. The van der Waals surface area contributed by atoms with Gasteiger partial charge in [0.15, 0.2) is 0 Å². The average molecular weight is 301 g/mol. The summed E-state index contributed by atoms with van der Waals surface area (Å²) in [6, 6.07) is 8.56. The summed E-state index contributed by atoms with van der Waals surface area (Å²) in [5.74, 6) is 1.18. The first-order valence-corrected chi connectivity index (χ1v) is 7.97. The van der Waals surface area contributed by atoms with Crippen molar-refractivity contribution in [3.8, 4) is 0 Å². The smallest absolute Gasteiger partial charge is 0.248 e. The zero-order chi connectivity index (χ0) is 15.5. The fourth-order valence-electron chi connectivity index (χ4n) is 3.36. The molecule has 1 aromatic carbocycles. The largest absolute Gasteiger partial charge is 0.375 e. The molecule has 0 spiro atoms. The van der Waals surface area contributed by atoms with Crippen LogP contribution in [-0.2, 0) is 16.0 Å². The van der Waals surface area contributed by atoms with Crippen molar-refractivity contribution >= 4 is 16.9 Å². The Hall–Kier alpha value is -1.88. The van der Waals surface area contributed by atoms with E-state index < -0.39 is 0 Å². The van der Waals surface area contributed by atoms with E-state index in [0.717, 1.165) is 43.7 Å². The van der Waals surface area contributed by atoms with Gasteiger partial charge in [0, 0.05) is 26.6 Å². The predicted molar refractivity (Wildman–Crippen MR) is 85.8 cm³/mol. The first-order chi connectivity index (χ1) is 10.7. The van der Waals surface area contributed by atoms with Crippen molar-refractivity contribution in [1.82, 2.24) is 14.5 Å². The van der Waals surface area contributed by atoms with Gasteiger partial charge in [0.2, 0.25) is 5.91 Å². The van der Waals surface area contributed by atoms with Gasteiger partial charge in [-0.15, -0.1) is 0 Å². The van der Waals surface area contributed by atoms with E-state index in [1.165, 1.54) is 5.52 Å². The Morgan fingerprint density at radius 1 is 1.41 bits per heavy atom. The Morgan fingerprint density at radius 2 is 2.23 bits per heavy atom. The lowest BCUT2D eigenvalue weighted by Gasteiger charge is -2.34. The van der Waals surface area contributed by atoms with E-state index in [9.17, 15) is 4.79 Å². The summed E-state index contributed by atoms with van der Waals surface area (Å²) >= 11 is 0. The summed E-state index contributed by atoms with van der Waals surface area (Å²) in [5, 5.41) is 0. The molecule has 1 amide bonds. The van der Waals surface area contributed by atoms with Crippen LogP contribution in [0.25, 0.3) is 11.0 Å². The molecule has 0 bridgehead atoms. The summed E-state index contributed by atoms with van der Waals surface area (Å²) in [5.41, 5.74) is 2.21. The molecule has 5 heteroatoms. The van der Waals surface area contributed by atoms with Gasteiger partial charge in [-0.1, -0.05) is 19.1 Å². The SMILES string of the molecule is CCc1nc2ccccc2n1C1CCCN(C(=O)COC)C1. The fraction of sp³-hybridized carbons (Fsp3) is 0.529. The average Bonchev–Trinajstić information content (AvgIpc) is 2.93. The number of fused-ring (bicyclic) bond motifs is 1. The predicted octanol–water partition coefficient (Wildman–Crippen LogP) is 2.41. The van der Waals surface area contributed by atoms with Crippen LogP contribution in [-0.4, -0.2) is 47.2 Å². The van der Waals surface area contributed by atoms with E-state index >= 15 is 0 Å². The molecule has 1 aliphatic rings. The molecule has 1 fully saturated rings. The minimum Gasteiger partial charge on any atom is -0.375 e. The molecular weight excluding hydrogens is 278 g/mol. The maximum Gasteiger partial charge on any atom is 0.248 e. The standard InChI is InChI=1S/C17H23N3O2/c1-3-16-18-14-8-4-5-9-15(14)20(16)13-7-6-10-19(11-13)17(21)12-22-2/h4-5,8-9,13H,3,6-7,10-12H2,1-2H3. The molecule has 118 valence electrons. The summed E-state index contributed by atoms with van der Waals surface area (Å²) < 4.78 is 7.32. The molecule has 2 heterocycles. The highest BCUT2D eigenvalue weighted by molar-refractivity contribution is 5.78. The maximum atomic E-state index is 12.1. The van der Waals surface area contributed by atoms with Gasteiger partial charge in [0.05, 0.1) is 17.1 Å². The van der Waals surface area contributed by atoms with Crippen LogP contribution in [0.2, 0.25) is 0 Å². The first-order valence-electron chi connectivity index (χ1n) is 7.97. The van der Waals surface area contributed by atoms with Gasteiger partial charge in [0.1, 0.15) is 12.4 Å². The van der Waals surface area contributed by atoms with Crippen molar-refractivity contribution < 1.29 is 9.53 Å². The van der Waals surface area contributed by atoms with E-state index in [1.54, 1.807) is 7.11 Å². The number of aryl methyl sites for hydroxylation is 1. The molecule has 0 aliphatic carbocycles. The number of piperidine rings is 1. The van der Waals surface area contributed by atoms with Crippen molar-refractivity contribution in [2.24, 2.45) is 0 Å². The lowest BCUT2D eigenvalue weighted by Crippen LogP contribution is -2.42. The highest BCUT2D eigenvalue weighted by Gasteiger charge is 2.27. The third-order valence-electron chi connectivity index (χ3n) is 4.37. The van der Waals surface area contributed by atoms with Crippen molar-refractivity contribution in [2.75, 3.05) is 26.8 Å². The Balaban J connectivity index is 1.91. The molecule has 5 nitrogen and oxygen atoms in total. The molecule has 3 rings (SSSR count). The second-order valence-corrected chi connectivity index (χ2v) is 5.81. The van der Waals surface area contributed by atoms with Crippen LogP contribution < -0.4 is 0 Å². The number of para-hydroxylation sites is 2. The zero-order valence-electron chi connectivity index (χ0n) is 13.3. The van der Waals surface area contributed by atoms with E-state index in [2.05, 4.69) is 29.7 Å². The number of imidazole rings is 1. The first kappa shape index (κ1) is 15.0. The van der Waals surface area contributed by atoms with Crippen LogP contribution in [0, 0.1) is 0 Å². The number of likely N-dealkylation sites (tertiary alicyclic amines) is 1. The van der Waals surface area contributed by atoms with Gasteiger partial charge in [-0.3, -0.25) is 4.79 Å². The van der Waals surface area contributed by atoms with Crippen LogP contribution in [0.4, 0.5) is 0 Å². The quantitative estimate of drug-likeness (QED) is 0.871. The molecule has 1 unspecified atom stereocenters. The van der Waals surface area contributed by atoms with E-state index in [1.807, 2.05) is 11.0 Å². The van der Waals surface area contributed by atoms with Crippen molar-refractivity contribution in [3.63, 3.8) is 0 Å². The molecule has 1 atom stereocenters. The van der Waals surface area contributed by atoms with Crippen LogP contribution in [0.1, 0.15) is 31.6 Å². The Bertz CT molecular complexity index is 665. The molecule has 1 aliphatic heterocycles. The number of nitrogens with zero attached hydrogens (tertiary/aromatic N) is 3. The minimum absolute atomic E-state index is 0.0784. The highest BCUT2D eigenvalue weighted by atomic mass is 16.5. The highest BCUT2D eigenvalue weighted by Crippen LogP contribution is 2.28. The minimum atomic E-state index is 0.0784. The summed E-state index contributed by atoms with van der Waals surface area (Å²) in [6.45, 7) is 3.87. The molecule has 0 saturated carbocycles. The lowest BCUT2D eigenvalue weighted by atomic mass is 10.0. The number of carbonyl (C=O) groups is 1. The molecule has 1 aromatic heterocycles. The lowest BCUT2D eigenvalue weighted by molar-refractivity contribution is -0.136. The number of aromatic nitrogens is 2. The third-order valence-corrected chi connectivity index (χ3v) is 4.37. The van der Waals surface area contributed by atoms with Crippen molar-refractivity contribution in [3.05, 3.63) is 30.1 Å². The maximum absolute atomic E-state index is 12.1. The van der Waals surface area contributed by atoms with E-state index in [0.29, 0.717) is 6.04 Å². The molecule has 2 aromatic rings. The number of ether oxygens (including phenoxy) is 1. The molecular formula is C17H23N3O2. The van der Waals surface area contributed by atoms with Gasteiger partial charge in [0.25, 0.3) is 0 Å². The summed E-state index contributed by atoms with van der Waals surface area (Å²) in [6.07, 6.45) is 3.01. The van der Waals surface area contributed by atoms with Gasteiger partial charge in [-0.2, -0.15) is 0 Å². The number of methoxy groups -OCH3 is 1.